The normalized spacial score (nSPS) is 27.7. The van der Waals surface area contributed by atoms with Gasteiger partial charge in [0.25, 0.3) is 5.91 Å². The highest BCUT2D eigenvalue weighted by molar-refractivity contribution is 5.92. The zero-order valence-electron chi connectivity index (χ0n) is 14.9. The molecule has 2 aromatic heterocycles. The number of nitrogens with zero attached hydrogens (tertiary/aromatic N) is 1. The lowest BCUT2D eigenvalue weighted by Crippen LogP contribution is -2.62. The smallest absolute Gasteiger partial charge is 0.287 e. The Morgan fingerprint density at radius 1 is 1.19 bits per heavy atom. The molecule has 3 fully saturated rings. The molecule has 6 rings (SSSR count). The van der Waals surface area contributed by atoms with E-state index in [1.807, 2.05) is 30.5 Å². The lowest BCUT2D eigenvalue weighted by Gasteiger charge is -2.49. The number of carbonyl (C=O) groups is 1. The fraction of sp³-hybridized carbons (Fsp3) is 0.381. The minimum absolute atomic E-state index is 0.107. The summed E-state index contributed by atoms with van der Waals surface area (Å²) in [5, 5.41) is 4.36. The first-order valence-electron chi connectivity index (χ1n) is 9.41. The van der Waals surface area contributed by atoms with Crippen molar-refractivity contribution in [1.82, 2.24) is 15.2 Å². The Labute approximate surface area is 152 Å². The molecule has 3 aliphatic heterocycles. The van der Waals surface area contributed by atoms with E-state index in [0.717, 1.165) is 35.3 Å². The predicted octanol–water partition coefficient (Wildman–Crippen LogP) is 3.64. The Bertz CT molecular complexity index is 947. The van der Waals surface area contributed by atoms with Gasteiger partial charge in [0.2, 0.25) is 0 Å². The molecule has 0 aliphatic carbocycles. The van der Waals surface area contributed by atoms with Gasteiger partial charge >= 0.3 is 0 Å². The van der Waals surface area contributed by atoms with Crippen molar-refractivity contribution in [3.63, 3.8) is 0 Å². The van der Waals surface area contributed by atoms with E-state index in [9.17, 15) is 4.79 Å². The average molecular weight is 349 g/mol. The van der Waals surface area contributed by atoms with Gasteiger partial charge < -0.3 is 14.7 Å². The highest BCUT2D eigenvalue weighted by Crippen LogP contribution is 2.32. The second-order valence-electron chi connectivity index (χ2n) is 7.56. The summed E-state index contributed by atoms with van der Waals surface area (Å²) in [6.45, 7) is 4.53. The fourth-order valence-corrected chi connectivity index (χ4v) is 4.59. The number of furan rings is 1. The zero-order chi connectivity index (χ0) is 17.7. The van der Waals surface area contributed by atoms with E-state index in [2.05, 4.69) is 28.2 Å². The number of carbonyl (C=O) groups excluding carboxylic acids is 1. The van der Waals surface area contributed by atoms with Crippen molar-refractivity contribution in [2.75, 3.05) is 13.1 Å². The number of aromatic amines is 1. The van der Waals surface area contributed by atoms with E-state index in [1.54, 1.807) is 6.07 Å². The van der Waals surface area contributed by atoms with Crippen LogP contribution in [0.5, 0.6) is 0 Å². The van der Waals surface area contributed by atoms with Gasteiger partial charge in [-0.05, 0) is 75.2 Å². The van der Waals surface area contributed by atoms with E-state index < -0.39 is 0 Å². The number of hydrogen-bond donors (Lipinski definition) is 2. The first-order valence-corrected chi connectivity index (χ1v) is 9.41. The van der Waals surface area contributed by atoms with Crippen LogP contribution in [0.15, 0.2) is 47.0 Å². The molecule has 5 heterocycles. The summed E-state index contributed by atoms with van der Waals surface area (Å²) in [5.41, 5.74) is 2.07. The van der Waals surface area contributed by atoms with Crippen molar-refractivity contribution in [3.05, 3.63) is 48.4 Å². The van der Waals surface area contributed by atoms with Crippen molar-refractivity contribution < 1.29 is 9.21 Å². The van der Waals surface area contributed by atoms with Gasteiger partial charge in [0, 0.05) is 34.7 Å². The minimum Gasteiger partial charge on any atom is -0.451 e. The molecule has 2 atom stereocenters. The molecular weight excluding hydrogens is 326 g/mol. The zero-order valence-corrected chi connectivity index (χ0v) is 14.9. The molecule has 134 valence electrons. The first kappa shape index (κ1) is 15.7. The van der Waals surface area contributed by atoms with Gasteiger partial charge in [0.1, 0.15) is 5.76 Å². The number of aromatic nitrogens is 1. The van der Waals surface area contributed by atoms with Crippen molar-refractivity contribution in [1.29, 1.82) is 0 Å². The lowest BCUT2D eigenvalue weighted by molar-refractivity contribution is 0.0211. The molecular formula is C21H23N3O2. The predicted molar refractivity (Wildman–Crippen MR) is 101 cm³/mol. The van der Waals surface area contributed by atoms with Crippen molar-refractivity contribution in [2.45, 2.75) is 31.8 Å². The molecule has 0 radical (unpaired) electrons. The van der Waals surface area contributed by atoms with E-state index in [0.29, 0.717) is 17.7 Å². The number of amides is 1. The van der Waals surface area contributed by atoms with E-state index in [4.69, 9.17) is 4.42 Å². The number of rotatable bonds is 3. The van der Waals surface area contributed by atoms with Crippen LogP contribution in [0.3, 0.4) is 0 Å². The third-order valence-corrected chi connectivity index (χ3v) is 6.14. The topological polar surface area (TPSA) is 61.3 Å². The summed E-state index contributed by atoms with van der Waals surface area (Å²) in [6, 6.07) is 12.4. The molecule has 3 aliphatic rings. The number of piperidine rings is 3. The summed E-state index contributed by atoms with van der Waals surface area (Å²) < 4.78 is 5.88. The van der Waals surface area contributed by atoms with Gasteiger partial charge in [-0.1, -0.05) is 0 Å². The van der Waals surface area contributed by atoms with Gasteiger partial charge in [0.15, 0.2) is 5.76 Å². The first-order chi connectivity index (χ1) is 12.7. The molecule has 2 N–H and O–H groups in total. The number of H-pyrrole nitrogens is 1. The Morgan fingerprint density at radius 3 is 2.85 bits per heavy atom. The SMILES string of the molecule is CC1C(NC(=O)c2ccc(-c3ccc4[nH]ccc4c3)o2)C2CCN1CC2. The van der Waals surface area contributed by atoms with Crippen LogP contribution in [0, 0.1) is 5.92 Å². The maximum atomic E-state index is 12.7. The number of fused-ring (bicyclic) bond motifs is 4. The largest absolute Gasteiger partial charge is 0.451 e. The second-order valence-corrected chi connectivity index (χ2v) is 7.56. The van der Waals surface area contributed by atoms with Crippen LogP contribution in [0.1, 0.15) is 30.3 Å². The van der Waals surface area contributed by atoms with E-state index in [-0.39, 0.29) is 11.9 Å². The van der Waals surface area contributed by atoms with Crippen LogP contribution in [0.25, 0.3) is 22.2 Å². The molecule has 3 saturated heterocycles. The fourth-order valence-electron chi connectivity index (χ4n) is 4.59. The molecule has 2 bridgehead atoms. The summed E-state index contributed by atoms with van der Waals surface area (Å²) in [6.07, 6.45) is 4.27. The lowest BCUT2D eigenvalue weighted by atomic mass is 9.79. The maximum absolute atomic E-state index is 12.7. The highest BCUT2D eigenvalue weighted by atomic mass is 16.3. The third-order valence-electron chi connectivity index (χ3n) is 6.14. The van der Waals surface area contributed by atoms with Gasteiger partial charge in [-0.15, -0.1) is 0 Å². The van der Waals surface area contributed by atoms with E-state index in [1.165, 1.54) is 12.8 Å². The molecule has 26 heavy (non-hydrogen) atoms. The van der Waals surface area contributed by atoms with Gasteiger partial charge in [0.05, 0.1) is 0 Å². The second kappa shape index (κ2) is 6.02. The Morgan fingerprint density at radius 2 is 2.04 bits per heavy atom. The molecule has 0 saturated carbocycles. The summed E-state index contributed by atoms with van der Waals surface area (Å²) >= 11 is 0. The molecule has 2 unspecified atom stereocenters. The highest BCUT2D eigenvalue weighted by Gasteiger charge is 2.40. The Kier molecular flexibility index (Phi) is 3.64. The van der Waals surface area contributed by atoms with Crippen molar-refractivity contribution >= 4 is 16.8 Å². The van der Waals surface area contributed by atoms with E-state index >= 15 is 0 Å². The molecule has 5 nitrogen and oxygen atoms in total. The van der Waals surface area contributed by atoms with Crippen molar-refractivity contribution in [3.8, 4) is 11.3 Å². The van der Waals surface area contributed by atoms with Crippen LogP contribution < -0.4 is 5.32 Å². The third kappa shape index (κ3) is 2.54. The van der Waals surface area contributed by atoms with Gasteiger partial charge in [-0.2, -0.15) is 0 Å². The Balaban J connectivity index is 1.35. The minimum atomic E-state index is -0.107. The monoisotopic (exact) mass is 349 g/mol. The van der Waals surface area contributed by atoms with Gasteiger partial charge in [-0.3, -0.25) is 9.69 Å². The molecule has 0 spiro atoms. The number of benzene rings is 1. The number of nitrogens with one attached hydrogen (secondary N) is 2. The standard InChI is InChI=1S/C21H23N3O2/c1-13-20(14-7-10-24(13)11-8-14)23-21(25)19-5-4-18(26-19)16-2-3-17-15(12-16)6-9-22-17/h2-6,9,12-14,20,22H,7-8,10-11H2,1H3,(H,23,25). The quantitative estimate of drug-likeness (QED) is 0.759. The van der Waals surface area contributed by atoms with Gasteiger partial charge in [-0.25, -0.2) is 0 Å². The molecule has 1 aromatic carbocycles. The van der Waals surface area contributed by atoms with Crippen LogP contribution in [-0.4, -0.2) is 41.0 Å². The number of hydrogen-bond acceptors (Lipinski definition) is 3. The molecule has 3 aromatic rings. The van der Waals surface area contributed by atoms with Crippen LogP contribution >= 0.6 is 0 Å². The molecule has 5 heteroatoms. The average Bonchev–Trinajstić information content (AvgIpc) is 3.33. The summed E-state index contributed by atoms with van der Waals surface area (Å²) in [7, 11) is 0. The summed E-state index contributed by atoms with van der Waals surface area (Å²) in [5.74, 6) is 1.59. The Hall–Kier alpha value is -2.53. The molecule has 1 amide bonds. The van der Waals surface area contributed by atoms with Crippen LogP contribution in [-0.2, 0) is 0 Å². The van der Waals surface area contributed by atoms with Crippen molar-refractivity contribution in [2.24, 2.45) is 5.92 Å². The maximum Gasteiger partial charge on any atom is 0.287 e. The summed E-state index contributed by atoms with van der Waals surface area (Å²) in [4.78, 5) is 18.4. The van der Waals surface area contributed by atoms with Crippen LogP contribution in [0.2, 0.25) is 0 Å². The van der Waals surface area contributed by atoms with Crippen LogP contribution in [0.4, 0.5) is 0 Å².